The lowest BCUT2D eigenvalue weighted by Crippen LogP contribution is -2.02. The van der Waals surface area contributed by atoms with Crippen molar-refractivity contribution in [2.24, 2.45) is 0 Å². The summed E-state index contributed by atoms with van der Waals surface area (Å²) in [6.07, 6.45) is 0. The van der Waals surface area contributed by atoms with Gasteiger partial charge in [-0.2, -0.15) is 5.26 Å². The summed E-state index contributed by atoms with van der Waals surface area (Å²) in [6, 6.07) is 8.20. The Kier molecular flexibility index (Phi) is 4.83. The van der Waals surface area contributed by atoms with Gasteiger partial charge in [-0.25, -0.2) is 4.98 Å². The van der Waals surface area contributed by atoms with Gasteiger partial charge in [-0.05, 0) is 24.8 Å². The normalized spacial score (nSPS) is 10.2. The Labute approximate surface area is 121 Å². The smallest absolute Gasteiger partial charge is 0.102 e. The monoisotopic (exact) mass is 289 g/mol. The van der Waals surface area contributed by atoms with E-state index in [2.05, 4.69) is 23.3 Å². The number of nitrogens with one attached hydrogen (secondary N) is 1. The molecule has 5 heteroatoms. The van der Waals surface area contributed by atoms with E-state index in [0.29, 0.717) is 6.54 Å². The van der Waals surface area contributed by atoms with E-state index < -0.39 is 0 Å². The van der Waals surface area contributed by atoms with Gasteiger partial charge in [0.15, 0.2) is 0 Å². The SMILES string of the molecule is CCSc1cccc(NCc2csc(C)n2)c1C#N. The molecular formula is C14H15N3S2. The molecular weight excluding hydrogens is 274 g/mol. The van der Waals surface area contributed by atoms with Crippen molar-refractivity contribution >= 4 is 28.8 Å². The Morgan fingerprint density at radius 1 is 1.47 bits per heavy atom. The Morgan fingerprint density at radius 3 is 2.95 bits per heavy atom. The fourth-order valence-corrected chi connectivity index (χ4v) is 3.14. The summed E-state index contributed by atoms with van der Waals surface area (Å²) in [7, 11) is 0. The average molecular weight is 289 g/mol. The van der Waals surface area contributed by atoms with Gasteiger partial charge in [-0.1, -0.05) is 13.0 Å². The van der Waals surface area contributed by atoms with Crippen LogP contribution < -0.4 is 5.32 Å². The van der Waals surface area contributed by atoms with Gasteiger partial charge >= 0.3 is 0 Å². The molecule has 0 saturated carbocycles. The predicted molar refractivity (Wildman–Crippen MR) is 81.7 cm³/mol. The molecule has 0 bridgehead atoms. The highest BCUT2D eigenvalue weighted by Gasteiger charge is 2.08. The first kappa shape index (κ1) is 13.9. The van der Waals surface area contributed by atoms with E-state index in [9.17, 15) is 5.26 Å². The van der Waals surface area contributed by atoms with Gasteiger partial charge in [0.1, 0.15) is 6.07 Å². The van der Waals surface area contributed by atoms with Crippen molar-refractivity contribution in [2.45, 2.75) is 25.3 Å². The van der Waals surface area contributed by atoms with Crippen LogP contribution in [0, 0.1) is 18.3 Å². The van der Waals surface area contributed by atoms with Gasteiger partial charge in [0.2, 0.25) is 0 Å². The highest BCUT2D eigenvalue weighted by atomic mass is 32.2. The third-order valence-electron chi connectivity index (χ3n) is 2.56. The molecule has 3 nitrogen and oxygen atoms in total. The van der Waals surface area contributed by atoms with Crippen LogP contribution in [0.4, 0.5) is 5.69 Å². The van der Waals surface area contributed by atoms with Gasteiger partial charge < -0.3 is 5.32 Å². The minimum absolute atomic E-state index is 0.652. The number of nitrogens with zero attached hydrogens (tertiary/aromatic N) is 2. The molecule has 2 rings (SSSR count). The van der Waals surface area contributed by atoms with Crippen molar-refractivity contribution in [3.63, 3.8) is 0 Å². The maximum Gasteiger partial charge on any atom is 0.102 e. The lowest BCUT2D eigenvalue weighted by molar-refractivity contribution is 1.05. The molecule has 1 aromatic heterocycles. The number of thiazole rings is 1. The van der Waals surface area contributed by atoms with Crippen LogP contribution in [-0.2, 0) is 6.54 Å². The molecule has 1 aromatic carbocycles. The van der Waals surface area contributed by atoms with Crippen LogP contribution in [0.1, 0.15) is 23.2 Å². The molecule has 0 fully saturated rings. The van der Waals surface area contributed by atoms with Crippen molar-refractivity contribution < 1.29 is 0 Å². The summed E-state index contributed by atoms with van der Waals surface area (Å²) < 4.78 is 0. The summed E-state index contributed by atoms with van der Waals surface area (Å²) in [5.41, 5.74) is 2.62. The number of hydrogen-bond acceptors (Lipinski definition) is 5. The quantitative estimate of drug-likeness (QED) is 0.844. The Balaban J connectivity index is 2.16. The Hall–Kier alpha value is -1.51. The number of nitriles is 1. The standard InChI is InChI=1S/C14H15N3S2/c1-3-18-14-6-4-5-13(12(14)7-15)16-8-11-9-19-10(2)17-11/h4-6,9,16H,3,8H2,1-2H3. The maximum absolute atomic E-state index is 9.31. The van der Waals surface area contributed by atoms with E-state index in [-0.39, 0.29) is 0 Å². The molecule has 1 N–H and O–H groups in total. The molecule has 0 spiro atoms. The number of benzene rings is 1. The van der Waals surface area contributed by atoms with Crippen molar-refractivity contribution in [3.8, 4) is 6.07 Å². The molecule has 0 amide bonds. The average Bonchev–Trinajstić information content (AvgIpc) is 2.83. The molecule has 2 aromatic rings. The van der Waals surface area contributed by atoms with E-state index >= 15 is 0 Å². The highest BCUT2D eigenvalue weighted by molar-refractivity contribution is 7.99. The molecule has 1 heterocycles. The number of thioether (sulfide) groups is 1. The third kappa shape index (κ3) is 3.49. The van der Waals surface area contributed by atoms with E-state index in [1.165, 1.54) is 0 Å². The lowest BCUT2D eigenvalue weighted by Gasteiger charge is -2.10. The molecule has 0 radical (unpaired) electrons. The molecule has 19 heavy (non-hydrogen) atoms. The Morgan fingerprint density at radius 2 is 2.32 bits per heavy atom. The van der Waals surface area contributed by atoms with E-state index in [4.69, 9.17) is 0 Å². The largest absolute Gasteiger partial charge is 0.378 e. The fraction of sp³-hybridized carbons (Fsp3) is 0.286. The second kappa shape index (κ2) is 6.60. The van der Waals surface area contributed by atoms with Crippen LogP contribution >= 0.6 is 23.1 Å². The lowest BCUT2D eigenvalue weighted by atomic mass is 10.2. The molecule has 0 atom stereocenters. The first-order valence-electron chi connectivity index (χ1n) is 6.05. The van der Waals surface area contributed by atoms with Gasteiger partial charge in [0.05, 0.1) is 28.5 Å². The van der Waals surface area contributed by atoms with Crippen molar-refractivity contribution in [1.82, 2.24) is 4.98 Å². The van der Waals surface area contributed by atoms with Crippen LogP contribution in [-0.4, -0.2) is 10.7 Å². The maximum atomic E-state index is 9.31. The number of rotatable bonds is 5. The summed E-state index contributed by atoms with van der Waals surface area (Å²) in [5.74, 6) is 0.962. The topological polar surface area (TPSA) is 48.7 Å². The first-order chi connectivity index (χ1) is 9.24. The fourth-order valence-electron chi connectivity index (χ4n) is 1.74. The third-order valence-corrected chi connectivity index (χ3v) is 4.33. The zero-order valence-corrected chi connectivity index (χ0v) is 12.6. The number of aryl methyl sites for hydroxylation is 1. The van der Waals surface area contributed by atoms with E-state index in [1.807, 2.05) is 30.5 Å². The van der Waals surface area contributed by atoms with Crippen molar-refractivity contribution in [3.05, 3.63) is 39.8 Å². The molecule has 0 aliphatic heterocycles. The van der Waals surface area contributed by atoms with Crippen LogP contribution in [0.3, 0.4) is 0 Å². The predicted octanol–water partition coefficient (Wildman–Crippen LogP) is 4.05. The number of hydrogen-bond donors (Lipinski definition) is 1. The highest BCUT2D eigenvalue weighted by Crippen LogP contribution is 2.28. The van der Waals surface area contributed by atoms with Gasteiger partial charge in [0, 0.05) is 10.3 Å². The van der Waals surface area contributed by atoms with Crippen LogP contribution in [0.5, 0.6) is 0 Å². The Bertz CT molecular complexity index is 599. The molecule has 0 saturated heterocycles. The first-order valence-corrected chi connectivity index (χ1v) is 7.92. The van der Waals surface area contributed by atoms with Crippen molar-refractivity contribution in [2.75, 3.05) is 11.1 Å². The minimum Gasteiger partial charge on any atom is -0.378 e. The summed E-state index contributed by atoms with van der Waals surface area (Å²) in [6.45, 7) is 4.73. The van der Waals surface area contributed by atoms with Crippen molar-refractivity contribution in [1.29, 1.82) is 5.26 Å². The summed E-state index contributed by atoms with van der Waals surface area (Å²) >= 11 is 3.33. The van der Waals surface area contributed by atoms with Gasteiger partial charge in [-0.15, -0.1) is 23.1 Å². The van der Waals surface area contributed by atoms with E-state index in [1.54, 1.807) is 23.1 Å². The number of anilines is 1. The van der Waals surface area contributed by atoms with Crippen LogP contribution in [0.15, 0.2) is 28.5 Å². The second-order valence-electron chi connectivity index (χ2n) is 3.93. The van der Waals surface area contributed by atoms with Crippen LogP contribution in [0.25, 0.3) is 0 Å². The number of aromatic nitrogens is 1. The van der Waals surface area contributed by atoms with Crippen LogP contribution in [0.2, 0.25) is 0 Å². The zero-order chi connectivity index (χ0) is 13.7. The minimum atomic E-state index is 0.652. The molecule has 0 unspecified atom stereocenters. The van der Waals surface area contributed by atoms with Gasteiger partial charge in [-0.3, -0.25) is 0 Å². The second-order valence-corrected chi connectivity index (χ2v) is 6.30. The summed E-state index contributed by atoms with van der Waals surface area (Å²) in [5, 5.41) is 15.7. The van der Waals surface area contributed by atoms with Gasteiger partial charge in [0.25, 0.3) is 0 Å². The molecule has 98 valence electrons. The molecule has 0 aliphatic carbocycles. The van der Waals surface area contributed by atoms with E-state index in [0.717, 1.165) is 32.6 Å². The molecule has 0 aliphatic rings. The zero-order valence-electron chi connectivity index (χ0n) is 10.9. The summed E-state index contributed by atoms with van der Waals surface area (Å²) in [4.78, 5) is 5.44.